The van der Waals surface area contributed by atoms with E-state index in [0.717, 1.165) is 25.9 Å². The molecule has 8 nitrogen and oxygen atoms in total. The predicted octanol–water partition coefficient (Wildman–Crippen LogP) is -0.262. The molecule has 0 aliphatic carbocycles. The predicted molar refractivity (Wildman–Crippen MR) is 87.7 cm³/mol. The van der Waals surface area contributed by atoms with Crippen molar-refractivity contribution in [2.24, 2.45) is 0 Å². The van der Waals surface area contributed by atoms with Crippen LogP contribution >= 0.6 is 0 Å². The minimum atomic E-state index is -0.169. The van der Waals surface area contributed by atoms with Gasteiger partial charge in [0.15, 0.2) is 0 Å². The Morgan fingerprint density at radius 2 is 2.33 bits per heavy atom. The molecule has 1 unspecified atom stereocenters. The van der Waals surface area contributed by atoms with E-state index in [1.807, 2.05) is 10.9 Å². The Bertz CT molecular complexity index is 582. The zero-order valence-corrected chi connectivity index (χ0v) is 14.1. The molecule has 0 bridgehead atoms. The Morgan fingerprint density at radius 1 is 1.46 bits per heavy atom. The molecule has 1 atom stereocenters. The first-order valence-corrected chi connectivity index (χ1v) is 8.51. The lowest BCUT2D eigenvalue weighted by Crippen LogP contribution is -2.53. The Hall–Kier alpha value is -1.93. The molecule has 0 saturated carbocycles. The Balaban J connectivity index is 1.59. The number of nitrogens with zero attached hydrogens (tertiary/aromatic N) is 4. The summed E-state index contributed by atoms with van der Waals surface area (Å²) in [4.78, 5) is 28.1. The summed E-state index contributed by atoms with van der Waals surface area (Å²) < 4.78 is 6.88. The fourth-order valence-electron chi connectivity index (χ4n) is 3.20. The van der Waals surface area contributed by atoms with Crippen molar-refractivity contribution in [3.8, 4) is 0 Å². The van der Waals surface area contributed by atoms with E-state index < -0.39 is 0 Å². The molecule has 0 radical (unpaired) electrons. The number of amides is 2. The number of aromatic nitrogens is 2. The van der Waals surface area contributed by atoms with Crippen LogP contribution < -0.4 is 5.32 Å². The van der Waals surface area contributed by atoms with Gasteiger partial charge >= 0.3 is 0 Å². The van der Waals surface area contributed by atoms with Crippen LogP contribution in [-0.2, 0) is 9.53 Å². The third-order valence-electron chi connectivity index (χ3n) is 4.64. The second kappa shape index (κ2) is 7.76. The standard InChI is InChI=1S/C16H25N5O3/c1-24-10-9-19-7-8-20(12-15(19)22)16(23)14-4-6-21(18-14)13-3-2-5-17-11-13/h4,6,13,17H,2-3,5,7-12H2,1H3. The third-order valence-corrected chi connectivity index (χ3v) is 4.64. The molecule has 132 valence electrons. The molecule has 1 aromatic heterocycles. The van der Waals surface area contributed by atoms with E-state index in [0.29, 0.717) is 38.0 Å². The Kier molecular flexibility index (Phi) is 5.47. The molecule has 1 N–H and O–H groups in total. The maximum absolute atomic E-state index is 12.6. The number of rotatable bonds is 5. The van der Waals surface area contributed by atoms with E-state index in [2.05, 4.69) is 10.4 Å². The number of methoxy groups -OCH3 is 1. The van der Waals surface area contributed by atoms with Crippen LogP contribution in [0.15, 0.2) is 12.3 Å². The van der Waals surface area contributed by atoms with Gasteiger partial charge in [0, 0.05) is 39.5 Å². The molecule has 2 fully saturated rings. The molecule has 3 heterocycles. The van der Waals surface area contributed by atoms with Gasteiger partial charge in [0.25, 0.3) is 5.91 Å². The highest BCUT2D eigenvalue weighted by molar-refractivity contribution is 5.95. The van der Waals surface area contributed by atoms with E-state index >= 15 is 0 Å². The van der Waals surface area contributed by atoms with E-state index in [1.165, 1.54) is 0 Å². The van der Waals surface area contributed by atoms with Gasteiger partial charge in [-0.1, -0.05) is 0 Å². The third kappa shape index (κ3) is 3.76. The maximum atomic E-state index is 12.6. The molecular formula is C16H25N5O3. The van der Waals surface area contributed by atoms with Crippen molar-refractivity contribution in [1.29, 1.82) is 0 Å². The number of ether oxygens (including phenoxy) is 1. The second-order valence-corrected chi connectivity index (χ2v) is 6.28. The maximum Gasteiger partial charge on any atom is 0.274 e. The van der Waals surface area contributed by atoms with Gasteiger partial charge in [-0.3, -0.25) is 14.3 Å². The van der Waals surface area contributed by atoms with E-state index in [9.17, 15) is 9.59 Å². The zero-order valence-electron chi connectivity index (χ0n) is 14.1. The fourth-order valence-corrected chi connectivity index (χ4v) is 3.20. The van der Waals surface area contributed by atoms with Crippen molar-refractivity contribution in [3.63, 3.8) is 0 Å². The van der Waals surface area contributed by atoms with Crippen LogP contribution in [0.25, 0.3) is 0 Å². The molecule has 0 aromatic carbocycles. The second-order valence-electron chi connectivity index (χ2n) is 6.28. The SMILES string of the molecule is COCCN1CCN(C(=O)c2ccn(C3CCCNC3)n2)CC1=O. The van der Waals surface area contributed by atoms with Gasteiger partial charge in [-0.2, -0.15) is 5.10 Å². The van der Waals surface area contributed by atoms with Crippen molar-refractivity contribution in [2.75, 3.05) is 53.0 Å². The first-order chi connectivity index (χ1) is 11.7. The Labute approximate surface area is 141 Å². The summed E-state index contributed by atoms with van der Waals surface area (Å²) in [5.41, 5.74) is 0.415. The van der Waals surface area contributed by atoms with Crippen molar-refractivity contribution in [2.45, 2.75) is 18.9 Å². The smallest absolute Gasteiger partial charge is 0.274 e. The van der Waals surface area contributed by atoms with E-state index in [-0.39, 0.29) is 18.4 Å². The first kappa shape index (κ1) is 16.9. The average Bonchev–Trinajstić information content (AvgIpc) is 3.11. The molecule has 24 heavy (non-hydrogen) atoms. The van der Waals surface area contributed by atoms with Crippen molar-refractivity contribution in [3.05, 3.63) is 18.0 Å². The first-order valence-electron chi connectivity index (χ1n) is 8.51. The summed E-state index contributed by atoms with van der Waals surface area (Å²) in [5.74, 6) is -0.208. The summed E-state index contributed by atoms with van der Waals surface area (Å²) in [6, 6.07) is 2.05. The Morgan fingerprint density at radius 3 is 3.04 bits per heavy atom. The minimum Gasteiger partial charge on any atom is -0.383 e. The number of carbonyl (C=O) groups is 2. The summed E-state index contributed by atoms with van der Waals surface area (Å²) in [6.07, 6.45) is 4.05. The monoisotopic (exact) mass is 335 g/mol. The summed E-state index contributed by atoms with van der Waals surface area (Å²) in [6.45, 7) is 4.19. The van der Waals surface area contributed by atoms with Crippen molar-refractivity contribution in [1.82, 2.24) is 24.9 Å². The molecule has 2 aliphatic rings. The van der Waals surface area contributed by atoms with Crippen LogP contribution in [0.3, 0.4) is 0 Å². The number of piperidine rings is 1. The largest absolute Gasteiger partial charge is 0.383 e. The van der Waals surface area contributed by atoms with Gasteiger partial charge in [-0.05, 0) is 25.5 Å². The van der Waals surface area contributed by atoms with Gasteiger partial charge in [0.1, 0.15) is 12.2 Å². The van der Waals surface area contributed by atoms with E-state index in [4.69, 9.17) is 4.74 Å². The van der Waals surface area contributed by atoms with Crippen LogP contribution in [0.4, 0.5) is 0 Å². The highest BCUT2D eigenvalue weighted by Crippen LogP contribution is 2.16. The normalized spacial score (nSPS) is 22.0. The average molecular weight is 335 g/mol. The van der Waals surface area contributed by atoms with Crippen LogP contribution in [0.2, 0.25) is 0 Å². The summed E-state index contributed by atoms with van der Waals surface area (Å²) >= 11 is 0. The number of hydrogen-bond donors (Lipinski definition) is 1. The highest BCUT2D eigenvalue weighted by atomic mass is 16.5. The molecule has 1 aromatic rings. The van der Waals surface area contributed by atoms with Crippen LogP contribution in [0, 0.1) is 0 Å². The molecule has 3 rings (SSSR count). The quantitative estimate of drug-likeness (QED) is 0.802. The van der Waals surface area contributed by atoms with Gasteiger partial charge in [0.2, 0.25) is 5.91 Å². The lowest BCUT2D eigenvalue weighted by atomic mass is 10.1. The summed E-state index contributed by atoms with van der Waals surface area (Å²) in [7, 11) is 1.61. The van der Waals surface area contributed by atoms with Crippen molar-refractivity contribution >= 4 is 11.8 Å². The highest BCUT2D eigenvalue weighted by Gasteiger charge is 2.29. The van der Waals surface area contributed by atoms with Crippen LogP contribution in [0.5, 0.6) is 0 Å². The molecule has 2 saturated heterocycles. The van der Waals surface area contributed by atoms with Crippen molar-refractivity contribution < 1.29 is 14.3 Å². The van der Waals surface area contributed by atoms with Gasteiger partial charge in [0.05, 0.1) is 12.6 Å². The van der Waals surface area contributed by atoms with Crippen LogP contribution in [-0.4, -0.2) is 84.4 Å². The lowest BCUT2D eigenvalue weighted by molar-refractivity contribution is -0.135. The summed E-state index contributed by atoms with van der Waals surface area (Å²) in [5, 5.41) is 7.79. The van der Waals surface area contributed by atoms with Gasteiger partial charge in [-0.25, -0.2) is 0 Å². The molecule has 8 heteroatoms. The number of piperazine rings is 1. The van der Waals surface area contributed by atoms with Crippen LogP contribution in [0.1, 0.15) is 29.4 Å². The topological polar surface area (TPSA) is 79.7 Å². The number of carbonyl (C=O) groups excluding carboxylic acids is 2. The van der Waals surface area contributed by atoms with Gasteiger partial charge < -0.3 is 19.9 Å². The molecular weight excluding hydrogens is 310 g/mol. The fraction of sp³-hybridized carbons (Fsp3) is 0.688. The zero-order chi connectivity index (χ0) is 16.9. The molecule has 2 amide bonds. The number of nitrogens with one attached hydrogen (secondary N) is 1. The number of hydrogen-bond acceptors (Lipinski definition) is 5. The lowest BCUT2D eigenvalue weighted by Gasteiger charge is -2.33. The molecule has 2 aliphatic heterocycles. The van der Waals surface area contributed by atoms with Gasteiger partial charge in [-0.15, -0.1) is 0 Å². The minimum absolute atomic E-state index is 0.0393. The molecule has 0 spiro atoms. The van der Waals surface area contributed by atoms with E-state index in [1.54, 1.807) is 23.0 Å².